The van der Waals surface area contributed by atoms with Gasteiger partial charge >= 0.3 is 15.6 Å². The number of hydrogen-bond donors (Lipinski definition) is 0. The molecule has 0 aliphatic carbocycles. The van der Waals surface area contributed by atoms with E-state index in [1.807, 2.05) is 0 Å². The summed E-state index contributed by atoms with van der Waals surface area (Å²) in [6, 6.07) is 21.2. The van der Waals surface area contributed by atoms with Gasteiger partial charge in [-0.25, -0.2) is 0 Å². The van der Waals surface area contributed by atoms with Crippen LogP contribution in [0.2, 0.25) is 0 Å². The molecule has 0 aliphatic heterocycles. The fraction of sp³-hybridized carbons (Fsp3) is 0.486. The summed E-state index contributed by atoms with van der Waals surface area (Å²) in [5.74, 6) is 1.09. The third kappa shape index (κ3) is 11.0. The maximum Gasteiger partial charge on any atom is 0.524 e. The van der Waals surface area contributed by atoms with Crippen molar-refractivity contribution in [2.24, 2.45) is 0 Å². The second-order valence-electron chi connectivity index (χ2n) is 11.0. The number of unbranched alkanes of at least 4 members (excludes halogenated alkanes) is 10. The van der Waals surface area contributed by atoms with Crippen molar-refractivity contribution in [3.8, 4) is 11.5 Å². The van der Waals surface area contributed by atoms with E-state index in [2.05, 4.69) is 13.8 Å². The molecule has 3 rings (SSSR count). The van der Waals surface area contributed by atoms with Gasteiger partial charge in [0.1, 0.15) is 11.5 Å². The van der Waals surface area contributed by atoms with E-state index in [0.717, 1.165) is 38.5 Å². The molecule has 0 aliphatic rings. The first kappa shape index (κ1) is 36.8. The fourth-order valence-electron chi connectivity index (χ4n) is 4.91. The lowest BCUT2D eigenvalue weighted by Crippen LogP contribution is -2.27. The van der Waals surface area contributed by atoms with Gasteiger partial charge in [0, 0.05) is 14.7 Å². The van der Waals surface area contributed by atoms with E-state index >= 15 is 0 Å². The molecule has 3 aromatic carbocycles. The second kappa shape index (κ2) is 18.5. The molecule has 0 aromatic heterocycles. The summed E-state index contributed by atoms with van der Waals surface area (Å²) >= 11 is 0. The Kier molecular flexibility index (Phi) is 15.1. The standard InChI is InChI=1S/C35H47F3O5S2/c1-3-5-7-9-11-16-28-41-30-20-24-33(25-21-30)44(32-18-14-13-15-19-32,43-45(39,40)35(36,37)38)34-26-22-31(23-27-34)42-29-17-12-10-8-6-4-2/h13-15,18-27H,3-12,16-17,28-29H2,1-2H3. The summed E-state index contributed by atoms with van der Waals surface area (Å²) in [4.78, 5) is 0.877. The first-order chi connectivity index (χ1) is 21.6. The minimum absolute atomic E-state index is 0.286. The van der Waals surface area contributed by atoms with E-state index in [1.165, 1.54) is 38.5 Å². The van der Waals surface area contributed by atoms with Crippen LogP contribution >= 0.6 is 10.3 Å². The summed E-state index contributed by atoms with van der Waals surface area (Å²) in [5, 5.41) is 0. The Balaban J connectivity index is 1.91. The minimum Gasteiger partial charge on any atom is -0.494 e. The van der Waals surface area contributed by atoms with Crippen LogP contribution in [-0.4, -0.2) is 27.1 Å². The lowest BCUT2D eigenvalue weighted by molar-refractivity contribution is -0.0496. The van der Waals surface area contributed by atoms with Crippen molar-refractivity contribution >= 4 is 20.4 Å². The van der Waals surface area contributed by atoms with Crippen molar-refractivity contribution in [2.45, 2.75) is 111 Å². The zero-order chi connectivity index (χ0) is 32.6. The molecule has 0 saturated heterocycles. The molecule has 0 unspecified atom stereocenters. The van der Waals surface area contributed by atoms with Crippen molar-refractivity contribution in [3.63, 3.8) is 0 Å². The van der Waals surface area contributed by atoms with Crippen LogP contribution in [0.4, 0.5) is 13.2 Å². The minimum atomic E-state index is -6.00. The van der Waals surface area contributed by atoms with Crippen molar-refractivity contribution in [1.82, 2.24) is 0 Å². The van der Waals surface area contributed by atoms with Gasteiger partial charge in [-0.2, -0.15) is 25.2 Å². The average Bonchev–Trinajstić information content (AvgIpc) is 3.03. The van der Waals surface area contributed by atoms with E-state index in [-0.39, 0.29) is 9.79 Å². The molecule has 0 N–H and O–H groups in total. The summed E-state index contributed by atoms with van der Waals surface area (Å²) in [5.41, 5.74) is -5.61. The highest BCUT2D eigenvalue weighted by molar-refractivity contribution is 8.33. The molecule has 5 nitrogen and oxygen atoms in total. The third-order valence-electron chi connectivity index (χ3n) is 7.39. The Labute approximate surface area is 269 Å². The number of ether oxygens (including phenoxy) is 2. The van der Waals surface area contributed by atoms with Gasteiger partial charge in [-0.3, -0.25) is 0 Å². The molecule has 250 valence electrons. The number of hydrogen-bond acceptors (Lipinski definition) is 5. The number of rotatable bonds is 21. The Bertz CT molecular complexity index is 1290. The van der Waals surface area contributed by atoms with E-state index in [4.69, 9.17) is 13.1 Å². The zero-order valence-corrected chi connectivity index (χ0v) is 28.0. The smallest absolute Gasteiger partial charge is 0.494 e. The highest BCUT2D eigenvalue weighted by Gasteiger charge is 2.52. The molecule has 0 bridgehead atoms. The van der Waals surface area contributed by atoms with Gasteiger partial charge in [0.2, 0.25) is 0 Å². The lowest BCUT2D eigenvalue weighted by atomic mass is 10.1. The molecular weight excluding hydrogens is 622 g/mol. The Morgan fingerprint density at radius 3 is 1.31 bits per heavy atom. The van der Waals surface area contributed by atoms with Crippen molar-refractivity contribution in [1.29, 1.82) is 0 Å². The van der Waals surface area contributed by atoms with Gasteiger partial charge in [0.05, 0.1) is 13.2 Å². The predicted octanol–water partition coefficient (Wildman–Crippen LogP) is 11.2. The van der Waals surface area contributed by atoms with Gasteiger partial charge in [-0.15, -0.1) is 0 Å². The van der Waals surface area contributed by atoms with E-state index in [1.54, 1.807) is 78.9 Å². The SMILES string of the molecule is CCCCCCCCOc1ccc(S(OS(=O)(=O)C(F)(F)F)(c2ccccc2)c2ccc(OCCCCCCCC)cc2)cc1. The monoisotopic (exact) mass is 668 g/mol. The van der Waals surface area contributed by atoms with Crippen LogP contribution in [0.1, 0.15) is 90.9 Å². The third-order valence-corrected chi connectivity index (χ3v) is 12.3. The van der Waals surface area contributed by atoms with Crippen molar-refractivity contribution < 1.29 is 34.7 Å². The first-order valence-electron chi connectivity index (χ1n) is 16.0. The molecule has 0 heterocycles. The van der Waals surface area contributed by atoms with E-state index < -0.39 is 25.9 Å². The summed E-state index contributed by atoms with van der Waals surface area (Å²) in [6.07, 6.45) is 13.4. The quantitative estimate of drug-likeness (QED) is 0.0835. The molecule has 0 atom stereocenters. The van der Waals surface area contributed by atoms with Crippen LogP contribution in [0, 0.1) is 0 Å². The first-order valence-corrected chi connectivity index (χ1v) is 19.0. The lowest BCUT2D eigenvalue weighted by Gasteiger charge is -2.39. The van der Waals surface area contributed by atoms with Crippen LogP contribution < -0.4 is 9.47 Å². The van der Waals surface area contributed by atoms with Crippen LogP contribution in [-0.2, 0) is 13.7 Å². The summed E-state index contributed by atoms with van der Waals surface area (Å²) < 4.78 is 84.0. The highest BCUT2D eigenvalue weighted by Crippen LogP contribution is 2.70. The number of halogens is 3. The largest absolute Gasteiger partial charge is 0.524 e. The molecule has 10 heteroatoms. The van der Waals surface area contributed by atoms with Gasteiger partial charge < -0.3 is 9.47 Å². The molecule has 0 spiro atoms. The Morgan fingerprint density at radius 1 is 0.533 bits per heavy atom. The Morgan fingerprint density at radius 2 is 0.911 bits per heavy atom. The maximum atomic E-state index is 13.8. The topological polar surface area (TPSA) is 61.8 Å². The highest BCUT2D eigenvalue weighted by atomic mass is 32.3. The number of alkyl halides is 3. The van der Waals surface area contributed by atoms with Gasteiger partial charge in [-0.1, -0.05) is 96.3 Å². The fourth-order valence-corrected chi connectivity index (χ4v) is 9.63. The normalized spacial score (nSPS) is 12.6. The van der Waals surface area contributed by atoms with Crippen LogP contribution in [0.15, 0.2) is 93.5 Å². The number of benzene rings is 3. The zero-order valence-electron chi connectivity index (χ0n) is 26.4. The second-order valence-corrected chi connectivity index (χ2v) is 15.5. The van der Waals surface area contributed by atoms with Crippen LogP contribution in [0.5, 0.6) is 11.5 Å². The average molecular weight is 669 g/mol. The summed E-state index contributed by atoms with van der Waals surface area (Å²) in [6.45, 7) is 5.38. The van der Waals surface area contributed by atoms with Gasteiger partial charge in [0.15, 0.2) is 0 Å². The molecule has 45 heavy (non-hydrogen) atoms. The Hall–Kier alpha value is -2.69. The molecule has 0 amide bonds. The molecule has 0 saturated carbocycles. The molecule has 3 aromatic rings. The van der Waals surface area contributed by atoms with E-state index in [0.29, 0.717) is 29.6 Å². The van der Waals surface area contributed by atoms with Crippen molar-refractivity contribution in [3.05, 3.63) is 78.9 Å². The van der Waals surface area contributed by atoms with Gasteiger partial charge in [-0.05, 0) is 83.8 Å². The van der Waals surface area contributed by atoms with Gasteiger partial charge in [0.25, 0.3) is 0 Å². The summed E-state index contributed by atoms with van der Waals surface area (Å²) in [7, 11) is -9.40. The molecule has 0 radical (unpaired) electrons. The van der Waals surface area contributed by atoms with Crippen LogP contribution in [0.3, 0.4) is 0 Å². The molecule has 0 fully saturated rings. The van der Waals surface area contributed by atoms with Crippen LogP contribution in [0.25, 0.3) is 0 Å². The van der Waals surface area contributed by atoms with Crippen molar-refractivity contribution in [2.75, 3.05) is 13.2 Å². The maximum absolute atomic E-state index is 13.8. The van der Waals surface area contributed by atoms with E-state index in [9.17, 15) is 21.6 Å². The molecular formula is C35H47F3O5S2. The predicted molar refractivity (Wildman–Crippen MR) is 176 cm³/mol.